The van der Waals surface area contributed by atoms with Gasteiger partial charge in [-0.05, 0) is 30.9 Å². The van der Waals surface area contributed by atoms with Gasteiger partial charge in [0.25, 0.3) is 0 Å². The number of carboxylic acid groups (broad SMARTS) is 1. The number of rotatable bonds is 3. The van der Waals surface area contributed by atoms with Crippen molar-refractivity contribution in [2.75, 3.05) is 24.6 Å². The number of hydrogen-bond donors (Lipinski definition) is 2. The first-order chi connectivity index (χ1) is 8.61. The molecule has 0 amide bonds. The SMILES string of the molecule is O=C(O)c1ccc(N2CCC(CO)CC2)nc1F. The Kier molecular flexibility index (Phi) is 3.76. The molecular weight excluding hydrogens is 239 g/mol. The molecule has 2 rings (SSSR count). The van der Waals surface area contributed by atoms with Gasteiger partial charge in [-0.1, -0.05) is 0 Å². The zero-order valence-electron chi connectivity index (χ0n) is 9.84. The van der Waals surface area contributed by atoms with Crippen molar-refractivity contribution < 1.29 is 19.4 Å². The number of halogens is 1. The molecule has 1 fully saturated rings. The first-order valence-electron chi connectivity index (χ1n) is 5.87. The van der Waals surface area contributed by atoms with Crippen LogP contribution >= 0.6 is 0 Å². The summed E-state index contributed by atoms with van der Waals surface area (Å²) in [5.74, 6) is -1.52. The molecule has 1 aromatic heterocycles. The van der Waals surface area contributed by atoms with E-state index in [9.17, 15) is 9.18 Å². The number of aliphatic hydroxyl groups is 1. The lowest BCUT2D eigenvalue weighted by Crippen LogP contribution is -2.35. The largest absolute Gasteiger partial charge is 0.478 e. The number of hydrogen-bond acceptors (Lipinski definition) is 4. The van der Waals surface area contributed by atoms with Crippen LogP contribution in [0.25, 0.3) is 0 Å². The summed E-state index contributed by atoms with van der Waals surface area (Å²) in [7, 11) is 0. The Morgan fingerprint density at radius 3 is 2.61 bits per heavy atom. The second kappa shape index (κ2) is 5.30. The van der Waals surface area contributed by atoms with Gasteiger partial charge in [-0.2, -0.15) is 4.39 Å². The standard InChI is InChI=1S/C12H15FN2O3/c13-11-9(12(17)18)1-2-10(14-11)15-5-3-8(7-16)4-6-15/h1-2,8,16H,3-7H2,(H,17,18). The first kappa shape index (κ1) is 12.8. The summed E-state index contributed by atoms with van der Waals surface area (Å²) >= 11 is 0. The summed E-state index contributed by atoms with van der Waals surface area (Å²) in [6, 6.07) is 2.75. The third kappa shape index (κ3) is 2.59. The van der Waals surface area contributed by atoms with Crippen LogP contribution in [-0.4, -0.2) is 40.9 Å². The zero-order valence-corrected chi connectivity index (χ0v) is 9.84. The van der Waals surface area contributed by atoms with Crippen LogP contribution in [0, 0.1) is 11.9 Å². The minimum atomic E-state index is -1.31. The van der Waals surface area contributed by atoms with Crippen molar-refractivity contribution in [2.24, 2.45) is 5.92 Å². The number of aromatic carboxylic acids is 1. The van der Waals surface area contributed by atoms with Gasteiger partial charge < -0.3 is 15.1 Å². The summed E-state index contributed by atoms with van der Waals surface area (Å²) in [5, 5.41) is 17.7. The Labute approximate surface area is 104 Å². The quantitative estimate of drug-likeness (QED) is 0.791. The van der Waals surface area contributed by atoms with E-state index in [1.807, 2.05) is 4.90 Å². The summed E-state index contributed by atoms with van der Waals surface area (Å²) in [6.07, 6.45) is 1.67. The fraction of sp³-hybridized carbons (Fsp3) is 0.500. The lowest BCUT2D eigenvalue weighted by Gasteiger charge is -2.31. The summed E-state index contributed by atoms with van der Waals surface area (Å²) in [5.41, 5.74) is -0.413. The smallest absolute Gasteiger partial charge is 0.340 e. The molecule has 0 unspecified atom stereocenters. The molecular formula is C12H15FN2O3. The Hall–Kier alpha value is -1.69. The monoisotopic (exact) mass is 254 g/mol. The van der Waals surface area contributed by atoms with Crippen LogP contribution in [0.4, 0.5) is 10.2 Å². The first-order valence-corrected chi connectivity index (χ1v) is 5.87. The van der Waals surface area contributed by atoms with Gasteiger partial charge in [0.2, 0.25) is 5.95 Å². The summed E-state index contributed by atoms with van der Waals surface area (Å²) in [4.78, 5) is 16.3. The number of piperidine rings is 1. The van der Waals surface area contributed by atoms with Crippen LogP contribution in [-0.2, 0) is 0 Å². The van der Waals surface area contributed by atoms with E-state index < -0.39 is 17.5 Å². The Morgan fingerprint density at radius 2 is 2.11 bits per heavy atom. The van der Waals surface area contributed by atoms with Crippen molar-refractivity contribution in [3.05, 3.63) is 23.6 Å². The fourth-order valence-corrected chi connectivity index (χ4v) is 2.10. The van der Waals surface area contributed by atoms with E-state index in [2.05, 4.69) is 4.98 Å². The van der Waals surface area contributed by atoms with E-state index >= 15 is 0 Å². The molecule has 0 bridgehead atoms. The van der Waals surface area contributed by atoms with Crippen molar-refractivity contribution in [1.29, 1.82) is 0 Å². The third-order valence-corrected chi connectivity index (χ3v) is 3.26. The van der Waals surface area contributed by atoms with Crippen molar-refractivity contribution in [1.82, 2.24) is 4.98 Å². The van der Waals surface area contributed by atoms with E-state index in [4.69, 9.17) is 10.2 Å². The molecule has 0 atom stereocenters. The van der Waals surface area contributed by atoms with Crippen molar-refractivity contribution in [2.45, 2.75) is 12.8 Å². The molecule has 1 saturated heterocycles. The van der Waals surface area contributed by atoms with Gasteiger partial charge >= 0.3 is 5.97 Å². The number of carboxylic acids is 1. The molecule has 2 N–H and O–H groups in total. The topological polar surface area (TPSA) is 73.7 Å². The highest BCUT2D eigenvalue weighted by atomic mass is 19.1. The van der Waals surface area contributed by atoms with Crippen LogP contribution in [0.1, 0.15) is 23.2 Å². The Morgan fingerprint density at radius 1 is 1.44 bits per heavy atom. The van der Waals surface area contributed by atoms with Gasteiger partial charge in [0.05, 0.1) is 0 Å². The molecule has 0 saturated carbocycles. The normalized spacial score (nSPS) is 16.9. The maximum atomic E-state index is 13.4. The van der Waals surface area contributed by atoms with Gasteiger partial charge in [-0.15, -0.1) is 0 Å². The van der Waals surface area contributed by atoms with Gasteiger partial charge in [-0.25, -0.2) is 9.78 Å². The van der Waals surface area contributed by atoms with Crippen molar-refractivity contribution in [3.63, 3.8) is 0 Å². The molecule has 98 valence electrons. The van der Waals surface area contributed by atoms with Crippen LogP contribution < -0.4 is 4.90 Å². The molecule has 0 aliphatic carbocycles. The van der Waals surface area contributed by atoms with Gasteiger partial charge in [0.15, 0.2) is 0 Å². The van der Waals surface area contributed by atoms with Crippen LogP contribution in [0.5, 0.6) is 0 Å². The van der Waals surface area contributed by atoms with Crippen LogP contribution in [0.15, 0.2) is 12.1 Å². The zero-order chi connectivity index (χ0) is 13.1. The Balaban J connectivity index is 2.11. The van der Waals surface area contributed by atoms with Crippen LogP contribution in [0.2, 0.25) is 0 Å². The Bertz CT molecular complexity index is 445. The van der Waals surface area contributed by atoms with E-state index in [-0.39, 0.29) is 6.61 Å². The van der Waals surface area contributed by atoms with E-state index in [1.54, 1.807) is 0 Å². The highest BCUT2D eigenvalue weighted by Gasteiger charge is 2.21. The molecule has 0 spiro atoms. The molecule has 18 heavy (non-hydrogen) atoms. The molecule has 1 aliphatic heterocycles. The van der Waals surface area contributed by atoms with Crippen molar-refractivity contribution >= 4 is 11.8 Å². The van der Waals surface area contributed by atoms with Crippen molar-refractivity contribution in [3.8, 4) is 0 Å². The van der Waals surface area contributed by atoms with E-state index in [1.165, 1.54) is 12.1 Å². The summed E-state index contributed by atoms with van der Waals surface area (Å²) < 4.78 is 13.4. The maximum absolute atomic E-state index is 13.4. The lowest BCUT2D eigenvalue weighted by atomic mass is 9.98. The molecule has 5 nitrogen and oxygen atoms in total. The number of pyridine rings is 1. The average molecular weight is 254 g/mol. The minimum absolute atomic E-state index is 0.174. The predicted octanol–water partition coefficient (Wildman–Crippen LogP) is 1.13. The molecule has 0 aromatic carbocycles. The average Bonchev–Trinajstić information content (AvgIpc) is 2.38. The minimum Gasteiger partial charge on any atom is -0.478 e. The number of aromatic nitrogens is 1. The van der Waals surface area contributed by atoms with Crippen LogP contribution in [0.3, 0.4) is 0 Å². The van der Waals surface area contributed by atoms with E-state index in [0.717, 1.165) is 12.8 Å². The highest BCUT2D eigenvalue weighted by Crippen LogP contribution is 2.22. The maximum Gasteiger partial charge on any atom is 0.340 e. The number of aliphatic hydroxyl groups excluding tert-OH is 1. The third-order valence-electron chi connectivity index (χ3n) is 3.26. The highest BCUT2D eigenvalue weighted by molar-refractivity contribution is 5.87. The number of carbonyl (C=O) groups is 1. The number of nitrogens with zero attached hydrogens (tertiary/aromatic N) is 2. The number of anilines is 1. The summed E-state index contributed by atoms with van der Waals surface area (Å²) in [6.45, 7) is 1.57. The second-order valence-electron chi connectivity index (χ2n) is 4.43. The van der Waals surface area contributed by atoms with Gasteiger partial charge in [0, 0.05) is 19.7 Å². The molecule has 2 heterocycles. The predicted molar refractivity (Wildman–Crippen MR) is 63.2 cm³/mol. The second-order valence-corrected chi connectivity index (χ2v) is 4.43. The molecule has 1 aromatic rings. The molecule has 1 aliphatic rings. The van der Waals surface area contributed by atoms with Gasteiger partial charge in [-0.3, -0.25) is 0 Å². The van der Waals surface area contributed by atoms with Gasteiger partial charge in [0.1, 0.15) is 11.4 Å². The fourth-order valence-electron chi connectivity index (χ4n) is 2.10. The lowest BCUT2D eigenvalue weighted by molar-refractivity contribution is 0.0691. The molecule has 0 radical (unpaired) electrons. The molecule has 6 heteroatoms. The van der Waals surface area contributed by atoms with E-state index in [0.29, 0.717) is 24.8 Å².